The van der Waals surface area contributed by atoms with Gasteiger partial charge in [-0.2, -0.15) is 5.10 Å². The van der Waals surface area contributed by atoms with Gasteiger partial charge in [0.2, 0.25) is 11.8 Å². The second-order valence-corrected chi connectivity index (χ2v) is 6.76. The normalized spacial score (nSPS) is 10.6. The quantitative estimate of drug-likeness (QED) is 0.618. The first-order valence-corrected chi connectivity index (χ1v) is 9.42. The third-order valence-electron chi connectivity index (χ3n) is 3.54. The van der Waals surface area contributed by atoms with Gasteiger partial charge in [-0.15, -0.1) is 11.8 Å². The Labute approximate surface area is 160 Å². The van der Waals surface area contributed by atoms with Crippen LogP contribution in [0.2, 0.25) is 0 Å². The molecule has 2 N–H and O–H groups in total. The number of benzene rings is 1. The molecule has 1 aromatic carbocycles. The SMILES string of the molecule is Cc1cc(NC(=O)CSCC(=O)Nc2ccccc2Cn2cccn2)no1. The maximum atomic E-state index is 12.2. The molecule has 0 spiro atoms. The van der Waals surface area contributed by atoms with Crippen LogP contribution in [-0.4, -0.2) is 38.3 Å². The van der Waals surface area contributed by atoms with Gasteiger partial charge in [0, 0.05) is 24.1 Å². The number of amides is 2. The van der Waals surface area contributed by atoms with E-state index in [1.54, 1.807) is 23.9 Å². The van der Waals surface area contributed by atoms with Gasteiger partial charge in [-0.05, 0) is 24.6 Å². The van der Waals surface area contributed by atoms with Crippen molar-refractivity contribution >= 4 is 35.1 Å². The maximum absolute atomic E-state index is 12.2. The van der Waals surface area contributed by atoms with Crippen molar-refractivity contribution in [2.75, 3.05) is 22.1 Å². The van der Waals surface area contributed by atoms with Crippen molar-refractivity contribution in [1.82, 2.24) is 14.9 Å². The van der Waals surface area contributed by atoms with E-state index in [0.29, 0.717) is 18.1 Å². The van der Waals surface area contributed by atoms with Crippen LogP contribution < -0.4 is 10.6 Å². The Bertz CT molecular complexity index is 907. The Morgan fingerprint density at radius 3 is 2.63 bits per heavy atom. The molecule has 0 saturated carbocycles. The number of hydrogen-bond acceptors (Lipinski definition) is 6. The number of carbonyl (C=O) groups is 2. The summed E-state index contributed by atoms with van der Waals surface area (Å²) in [6.07, 6.45) is 3.58. The highest BCUT2D eigenvalue weighted by molar-refractivity contribution is 8.00. The number of aromatic nitrogens is 3. The van der Waals surface area contributed by atoms with Gasteiger partial charge in [-0.25, -0.2) is 0 Å². The fraction of sp³-hybridized carbons (Fsp3) is 0.222. The minimum absolute atomic E-state index is 0.147. The second kappa shape index (κ2) is 9.04. The Hall–Kier alpha value is -3.07. The zero-order chi connectivity index (χ0) is 19.1. The molecule has 0 radical (unpaired) electrons. The fourth-order valence-electron chi connectivity index (χ4n) is 2.38. The highest BCUT2D eigenvalue weighted by atomic mass is 32.2. The first-order chi connectivity index (χ1) is 13.1. The number of nitrogens with zero attached hydrogens (tertiary/aromatic N) is 3. The molecule has 8 nitrogen and oxygen atoms in total. The minimum atomic E-state index is -0.236. The molecule has 0 saturated heterocycles. The lowest BCUT2D eigenvalue weighted by Crippen LogP contribution is -2.19. The average Bonchev–Trinajstić information content (AvgIpc) is 3.28. The monoisotopic (exact) mass is 385 g/mol. The number of nitrogens with one attached hydrogen (secondary N) is 2. The van der Waals surface area contributed by atoms with E-state index in [-0.39, 0.29) is 23.3 Å². The first-order valence-electron chi connectivity index (χ1n) is 8.26. The molecule has 140 valence electrons. The summed E-state index contributed by atoms with van der Waals surface area (Å²) in [4.78, 5) is 24.0. The van der Waals surface area contributed by atoms with E-state index < -0.39 is 0 Å². The number of rotatable bonds is 8. The van der Waals surface area contributed by atoms with E-state index in [2.05, 4.69) is 20.9 Å². The molecular formula is C18H19N5O3S. The van der Waals surface area contributed by atoms with Crippen LogP contribution >= 0.6 is 11.8 Å². The molecule has 9 heteroatoms. The van der Waals surface area contributed by atoms with E-state index in [1.807, 2.05) is 36.5 Å². The van der Waals surface area contributed by atoms with Crippen LogP contribution in [0.1, 0.15) is 11.3 Å². The Kier molecular flexibility index (Phi) is 6.26. The van der Waals surface area contributed by atoms with Crippen molar-refractivity contribution in [2.24, 2.45) is 0 Å². The van der Waals surface area contributed by atoms with Crippen molar-refractivity contribution in [3.8, 4) is 0 Å². The van der Waals surface area contributed by atoms with Crippen molar-refractivity contribution < 1.29 is 14.1 Å². The zero-order valence-electron chi connectivity index (χ0n) is 14.7. The summed E-state index contributed by atoms with van der Waals surface area (Å²) in [7, 11) is 0. The molecule has 2 heterocycles. The summed E-state index contributed by atoms with van der Waals surface area (Å²) < 4.78 is 6.67. The van der Waals surface area contributed by atoms with Crippen LogP contribution in [-0.2, 0) is 16.1 Å². The predicted molar refractivity (Wildman–Crippen MR) is 104 cm³/mol. The number of thioether (sulfide) groups is 1. The molecule has 2 aromatic heterocycles. The summed E-state index contributed by atoms with van der Waals surface area (Å²) in [5.41, 5.74) is 1.69. The largest absolute Gasteiger partial charge is 0.360 e. The molecule has 0 aliphatic rings. The summed E-state index contributed by atoms with van der Waals surface area (Å²) in [5, 5.41) is 13.4. The van der Waals surface area contributed by atoms with Crippen LogP contribution in [0.4, 0.5) is 11.5 Å². The molecule has 0 atom stereocenters. The van der Waals surface area contributed by atoms with Crippen molar-refractivity contribution in [1.29, 1.82) is 0 Å². The number of carbonyl (C=O) groups excluding carboxylic acids is 2. The lowest BCUT2D eigenvalue weighted by Gasteiger charge is -2.11. The standard InChI is InChI=1S/C18H19N5O3S/c1-13-9-16(22-26-13)21-18(25)12-27-11-17(24)20-15-6-3-2-5-14(15)10-23-8-4-7-19-23/h2-9H,10-12H2,1H3,(H,20,24)(H,21,22,25). The number of hydrogen-bond donors (Lipinski definition) is 2. The highest BCUT2D eigenvalue weighted by Gasteiger charge is 2.10. The molecule has 27 heavy (non-hydrogen) atoms. The molecule has 0 aliphatic heterocycles. The number of aryl methyl sites for hydroxylation is 1. The third kappa shape index (κ3) is 5.71. The molecular weight excluding hydrogens is 366 g/mol. The molecule has 0 unspecified atom stereocenters. The van der Waals surface area contributed by atoms with Crippen LogP contribution in [0.5, 0.6) is 0 Å². The van der Waals surface area contributed by atoms with Gasteiger partial charge in [0.1, 0.15) is 5.76 Å². The third-order valence-corrected chi connectivity index (χ3v) is 4.48. The lowest BCUT2D eigenvalue weighted by atomic mass is 10.2. The minimum Gasteiger partial charge on any atom is -0.360 e. The molecule has 2 amide bonds. The van der Waals surface area contributed by atoms with Crippen LogP contribution in [0.15, 0.2) is 53.3 Å². The van der Waals surface area contributed by atoms with Gasteiger partial charge in [-0.1, -0.05) is 23.4 Å². The number of para-hydroxylation sites is 1. The summed E-state index contributed by atoms with van der Waals surface area (Å²) in [6.45, 7) is 2.31. The van der Waals surface area contributed by atoms with Gasteiger partial charge in [0.05, 0.1) is 18.1 Å². The fourth-order valence-corrected chi connectivity index (χ4v) is 2.99. The van der Waals surface area contributed by atoms with Gasteiger partial charge >= 0.3 is 0 Å². The Morgan fingerprint density at radius 1 is 1.15 bits per heavy atom. The van der Waals surface area contributed by atoms with Gasteiger partial charge < -0.3 is 15.2 Å². The Balaban J connectivity index is 1.46. The van der Waals surface area contributed by atoms with Crippen LogP contribution in [0, 0.1) is 6.92 Å². The summed E-state index contributed by atoms with van der Waals surface area (Å²) >= 11 is 1.23. The van der Waals surface area contributed by atoms with Crippen LogP contribution in [0.3, 0.4) is 0 Å². The molecule has 0 fully saturated rings. The van der Waals surface area contributed by atoms with Crippen molar-refractivity contribution in [3.05, 3.63) is 60.1 Å². The van der Waals surface area contributed by atoms with Crippen LogP contribution in [0.25, 0.3) is 0 Å². The molecule has 3 aromatic rings. The van der Waals surface area contributed by atoms with E-state index >= 15 is 0 Å². The second-order valence-electron chi connectivity index (χ2n) is 5.77. The smallest absolute Gasteiger partial charge is 0.235 e. The van der Waals surface area contributed by atoms with E-state index in [1.165, 1.54) is 11.8 Å². The topological polar surface area (TPSA) is 102 Å². The predicted octanol–water partition coefficient (Wildman–Crippen LogP) is 2.54. The van der Waals surface area contributed by atoms with Crippen molar-refractivity contribution in [3.63, 3.8) is 0 Å². The lowest BCUT2D eigenvalue weighted by molar-refractivity contribution is -0.114. The van der Waals surface area contributed by atoms with Gasteiger partial charge in [-0.3, -0.25) is 14.3 Å². The summed E-state index contributed by atoms with van der Waals surface area (Å²) in [6, 6.07) is 11.1. The molecule has 0 aliphatic carbocycles. The van der Waals surface area contributed by atoms with E-state index in [4.69, 9.17) is 4.52 Å². The Morgan fingerprint density at radius 2 is 1.93 bits per heavy atom. The summed E-state index contributed by atoms with van der Waals surface area (Å²) in [5.74, 6) is 0.898. The van der Waals surface area contributed by atoms with Gasteiger partial charge in [0.15, 0.2) is 5.82 Å². The van der Waals surface area contributed by atoms with E-state index in [9.17, 15) is 9.59 Å². The number of anilines is 2. The molecule has 3 rings (SSSR count). The first kappa shape index (κ1) is 18.7. The highest BCUT2D eigenvalue weighted by Crippen LogP contribution is 2.17. The average molecular weight is 385 g/mol. The zero-order valence-corrected chi connectivity index (χ0v) is 15.5. The maximum Gasteiger partial charge on any atom is 0.235 e. The van der Waals surface area contributed by atoms with Gasteiger partial charge in [0.25, 0.3) is 0 Å². The van der Waals surface area contributed by atoms with E-state index in [0.717, 1.165) is 11.3 Å². The molecule has 0 bridgehead atoms. The van der Waals surface area contributed by atoms with Crippen molar-refractivity contribution in [2.45, 2.75) is 13.5 Å².